The first-order valence-corrected chi connectivity index (χ1v) is 9.63. The monoisotopic (exact) mass is 340 g/mol. The second-order valence-electron chi connectivity index (χ2n) is 8.54. The van der Waals surface area contributed by atoms with E-state index in [-0.39, 0.29) is 18.2 Å². The summed E-state index contributed by atoms with van der Waals surface area (Å²) in [7, 11) is 0. The quantitative estimate of drug-likeness (QED) is 0.833. The van der Waals surface area contributed by atoms with Gasteiger partial charge in [-0.15, -0.1) is 0 Å². The van der Waals surface area contributed by atoms with Crippen LogP contribution in [0.1, 0.15) is 73.1 Å². The van der Waals surface area contributed by atoms with Gasteiger partial charge in [0.1, 0.15) is 5.60 Å². The van der Waals surface area contributed by atoms with Crippen LogP contribution in [-0.2, 0) is 4.74 Å². The van der Waals surface area contributed by atoms with Crippen LogP contribution in [0.2, 0.25) is 0 Å². The molecule has 0 aromatic rings. The van der Waals surface area contributed by atoms with Gasteiger partial charge in [-0.2, -0.15) is 0 Å². The van der Waals surface area contributed by atoms with Gasteiger partial charge < -0.3 is 19.6 Å². The number of hydrogen-bond acceptors (Lipinski definition) is 4. The number of amides is 1. The van der Waals surface area contributed by atoms with E-state index in [9.17, 15) is 9.90 Å². The smallest absolute Gasteiger partial charge is 0.410 e. The Labute approximate surface area is 147 Å². The van der Waals surface area contributed by atoms with Gasteiger partial charge in [-0.25, -0.2) is 4.79 Å². The van der Waals surface area contributed by atoms with Gasteiger partial charge >= 0.3 is 6.09 Å². The van der Waals surface area contributed by atoms with Crippen LogP contribution in [0, 0.1) is 0 Å². The normalized spacial score (nSPS) is 30.5. The molecule has 2 atom stereocenters. The van der Waals surface area contributed by atoms with Crippen molar-refractivity contribution in [1.29, 1.82) is 0 Å². The van der Waals surface area contributed by atoms with Crippen molar-refractivity contribution in [3.05, 3.63) is 0 Å². The van der Waals surface area contributed by atoms with Crippen LogP contribution >= 0.6 is 0 Å². The molecule has 2 saturated heterocycles. The number of carbonyl (C=O) groups is 1. The molecule has 2 heterocycles. The molecular weight excluding hydrogens is 304 g/mol. The molecule has 24 heavy (non-hydrogen) atoms. The third-order valence-corrected chi connectivity index (χ3v) is 5.48. The molecule has 0 saturated carbocycles. The molecule has 5 nitrogen and oxygen atoms in total. The van der Waals surface area contributed by atoms with E-state index < -0.39 is 11.2 Å². The van der Waals surface area contributed by atoms with E-state index in [1.807, 2.05) is 25.7 Å². The predicted octanol–water partition coefficient (Wildman–Crippen LogP) is 3.40. The summed E-state index contributed by atoms with van der Waals surface area (Å²) in [6.45, 7) is 13.0. The zero-order chi connectivity index (χ0) is 18.0. The highest BCUT2D eigenvalue weighted by atomic mass is 16.6. The zero-order valence-electron chi connectivity index (χ0n) is 16.2. The largest absolute Gasteiger partial charge is 0.444 e. The van der Waals surface area contributed by atoms with Gasteiger partial charge in [0, 0.05) is 18.6 Å². The summed E-state index contributed by atoms with van der Waals surface area (Å²) in [5.41, 5.74) is -1.11. The molecule has 2 rings (SSSR count). The van der Waals surface area contributed by atoms with Crippen LogP contribution in [-0.4, -0.2) is 63.9 Å². The minimum Gasteiger partial charge on any atom is -0.444 e. The number of piperidine rings is 2. The fraction of sp³-hybridized carbons (Fsp3) is 0.947. The van der Waals surface area contributed by atoms with E-state index in [0.29, 0.717) is 12.8 Å². The van der Waals surface area contributed by atoms with E-state index >= 15 is 0 Å². The number of ether oxygens (including phenoxy) is 1. The second-order valence-corrected chi connectivity index (χ2v) is 8.54. The standard InChI is InChI=1S/C19H36N2O3/c1-6-20(7-2)12-11-19(23)13-15-9-8-10-16(14-19)21(15)17(22)24-18(3,4)5/h15-16,23H,6-14H2,1-5H3. The molecule has 2 bridgehead atoms. The molecule has 2 unspecified atom stereocenters. The lowest BCUT2D eigenvalue weighted by molar-refractivity contribution is -0.0980. The summed E-state index contributed by atoms with van der Waals surface area (Å²) in [5, 5.41) is 11.1. The van der Waals surface area contributed by atoms with Gasteiger partial charge in [-0.3, -0.25) is 0 Å². The van der Waals surface area contributed by atoms with Crippen LogP contribution < -0.4 is 0 Å². The number of nitrogens with zero attached hydrogens (tertiary/aromatic N) is 2. The van der Waals surface area contributed by atoms with Crippen LogP contribution in [0.5, 0.6) is 0 Å². The van der Waals surface area contributed by atoms with Crippen LogP contribution in [0.4, 0.5) is 4.79 Å². The number of aliphatic hydroxyl groups is 1. The summed E-state index contributed by atoms with van der Waals surface area (Å²) < 4.78 is 5.61. The molecule has 0 aliphatic carbocycles. The Kier molecular flexibility index (Phi) is 6.19. The Hall–Kier alpha value is -0.810. The average Bonchev–Trinajstić information content (AvgIpc) is 2.45. The van der Waals surface area contributed by atoms with Gasteiger partial charge in [0.25, 0.3) is 0 Å². The first-order chi connectivity index (χ1) is 11.2. The van der Waals surface area contributed by atoms with E-state index in [1.54, 1.807) is 0 Å². The Balaban J connectivity index is 2.03. The molecule has 2 aliphatic rings. The van der Waals surface area contributed by atoms with Crippen molar-refractivity contribution < 1.29 is 14.6 Å². The number of carbonyl (C=O) groups excluding carboxylic acids is 1. The Bertz CT molecular complexity index is 415. The van der Waals surface area contributed by atoms with Crippen LogP contribution in [0.15, 0.2) is 0 Å². The van der Waals surface area contributed by atoms with E-state index in [4.69, 9.17) is 4.74 Å². The van der Waals surface area contributed by atoms with Crippen molar-refractivity contribution in [3.63, 3.8) is 0 Å². The molecule has 140 valence electrons. The second kappa shape index (κ2) is 7.61. The predicted molar refractivity (Wildman–Crippen MR) is 96.1 cm³/mol. The maximum atomic E-state index is 12.6. The average molecular weight is 341 g/mol. The molecule has 0 spiro atoms. The minimum absolute atomic E-state index is 0.119. The maximum absolute atomic E-state index is 12.6. The molecule has 2 fully saturated rings. The van der Waals surface area contributed by atoms with Crippen LogP contribution in [0.3, 0.4) is 0 Å². The van der Waals surface area contributed by atoms with Crippen molar-refractivity contribution >= 4 is 6.09 Å². The molecule has 1 amide bonds. The molecule has 0 aromatic carbocycles. The Morgan fingerprint density at radius 2 is 1.75 bits per heavy atom. The fourth-order valence-corrected chi connectivity index (χ4v) is 4.25. The van der Waals surface area contributed by atoms with Crippen molar-refractivity contribution in [2.45, 2.75) is 96.4 Å². The first-order valence-electron chi connectivity index (χ1n) is 9.63. The number of rotatable bonds is 5. The molecular formula is C19H36N2O3. The number of hydrogen-bond donors (Lipinski definition) is 1. The van der Waals surface area contributed by atoms with Gasteiger partial charge in [0.15, 0.2) is 0 Å². The molecule has 0 aromatic heterocycles. The van der Waals surface area contributed by atoms with E-state index in [1.165, 1.54) is 0 Å². The van der Waals surface area contributed by atoms with Crippen molar-refractivity contribution in [3.8, 4) is 0 Å². The summed E-state index contributed by atoms with van der Waals surface area (Å²) in [6, 6.07) is 0.239. The molecule has 2 aliphatic heterocycles. The lowest BCUT2D eigenvalue weighted by atomic mass is 9.74. The van der Waals surface area contributed by atoms with Gasteiger partial charge in [-0.1, -0.05) is 13.8 Å². The van der Waals surface area contributed by atoms with Crippen molar-refractivity contribution in [2.24, 2.45) is 0 Å². The fourth-order valence-electron chi connectivity index (χ4n) is 4.25. The van der Waals surface area contributed by atoms with Crippen LogP contribution in [0.25, 0.3) is 0 Å². The molecule has 5 heteroatoms. The molecule has 0 radical (unpaired) electrons. The highest BCUT2D eigenvalue weighted by molar-refractivity contribution is 5.69. The summed E-state index contributed by atoms with van der Waals surface area (Å²) in [4.78, 5) is 16.9. The lowest BCUT2D eigenvalue weighted by Crippen LogP contribution is -2.60. The molecule has 1 N–H and O–H groups in total. The summed E-state index contributed by atoms with van der Waals surface area (Å²) in [5.74, 6) is 0. The topological polar surface area (TPSA) is 53.0 Å². The lowest BCUT2D eigenvalue weighted by Gasteiger charge is -2.52. The number of fused-ring (bicyclic) bond motifs is 2. The third kappa shape index (κ3) is 4.85. The van der Waals surface area contributed by atoms with Gasteiger partial charge in [-0.05, 0) is 72.4 Å². The zero-order valence-corrected chi connectivity index (χ0v) is 16.2. The van der Waals surface area contributed by atoms with Gasteiger partial charge in [0.05, 0.1) is 5.60 Å². The first kappa shape index (κ1) is 19.5. The Morgan fingerprint density at radius 3 is 2.21 bits per heavy atom. The van der Waals surface area contributed by atoms with Crippen molar-refractivity contribution in [1.82, 2.24) is 9.80 Å². The summed E-state index contributed by atoms with van der Waals surface area (Å²) in [6.07, 6.45) is 5.05. The maximum Gasteiger partial charge on any atom is 0.410 e. The Morgan fingerprint density at radius 1 is 1.21 bits per heavy atom. The third-order valence-electron chi connectivity index (χ3n) is 5.48. The van der Waals surface area contributed by atoms with E-state index in [0.717, 1.165) is 45.3 Å². The minimum atomic E-state index is -0.642. The van der Waals surface area contributed by atoms with Crippen molar-refractivity contribution in [2.75, 3.05) is 19.6 Å². The highest BCUT2D eigenvalue weighted by Gasteiger charge is 2.48. The van der Waals surface area contributed by atoms with E-state index in [2.05, 4.69) is 18.7 Å². The summed E-state index contributed by atoms with van der Waals surface area (Å²) >= 11 is 0. The van der Waals surface area contributed by atoms with Gasteiger partial charge in [0.2, 0.25) is 0 Å². The highest BCUT2D eigenvalue weighted by Crippen LogP contribution is 2.41. The SMILES string of the molecule is CCN(CC)CCC1(O)CC2CCCC(C1)N2C(=O)OC(C)(C)C.